The number of rotatable bonds is 5. The summed E-state index contributed by atoms with van der Waals surface area (Å²) >= 11 is 12.3. The van der Waals surface area contributed by atoms with Crippen molar-refractivity contribution in [2.75, 3.05) is 0 Å². The maximum absolute atomic E-state index is 10.9. The SMILES string of the molecule is CCCCC1=Nc2cc(Cl)c(Cl)cc2N=C(c2ccc([N+](=O)[O-])cc2)C1. The summed E-state index contributed by atoms with van der Waals surface area (Å²) in [6, 6.07) is 9.85. The van der Waals surface area contributed by atoms with Gasteiger partial charge < -0.3 is 0 Å². The van der Waals surface area contributed by atoms with E-state index < -0.39 is 4.92 Å². The Hall–Kier alpha value is -2.24. The Bertz CT molecular complexity index is 906. The molecule has 0 unspecified atom stereocenters. The summed E-state index contributed by atoms with van der Waals surface area (Å²) < 4.78 is 0. The molecule has 0 atom stereocenters. The Morgan fingerprint density at radius 1 is 1.08 bits per heavy atom. The van der Waals surface area contributed by atoms with Crippen LogP contribution in [0.1, 0.15) is 38.2 Å². The largest absolute Gasteiger partial charge is 0.269 e. The highest BCUT2D eigenvalue weighted by atomic mass is 35.5. The lowest BCUT2D eigenvalue weighted by molar-refractivity contribution is -0.384. The van der Waals surface area contributed by atoms with Crippen LogP contribution in [0.15, 0.2) is 46.4 Å². The molecule has 0 radical (unpaired) electrons. The van der Waals surface area contributed by atoms with E-state index in [2.05, 4.69) is 6.92 Å². The first-order valence-corrected chi connectivity index (χ1v) is 9.11. The van der Waals surface area contributed by atoms with Crippen molar-refractivity contribution in [3.05, 3.63) is 62.1 Å². The van der Waals surface area contributed by atoms with E-state index in [1.807, 2.05) is 0 Å². The van der Waals surface area contributed by atoms with Gasteiger partial charge in [-0.05, 0) is 42.7 Å². The van der Waals surface area contributed by atoms with Gasteiger partial charge in [-0.15, -0.1) is 0 Å². The number of hydrogen-bond acceptors (Lipinski definition) is 4. The molecule has 1 heterocycles. The number of unbranched alkanes of at least 4 members (excludes halogenated alkanes) is 1. The topological polar surface area (TPSA) is 67.9 Å². The quantitative estimate of drug-likeness (QED) is 0.422. The third-order valence-electron chi connectivity index (χ3n) is 4.15. The highest BCUT2D eigenvalue weighted by molar-refractivity contribution is 6.42. The van der Waals surface area contributed by atoms with Gasteiger partial charge in [-0.3, -0.25) is 20.1 Å². The van der Waals surface area contributed by atoms with Crippen molar-refractivity contribution >= 4 is 51.7 Å². The van der Waals surface area contributed by atoms with Crippen LogP contribution >= 0.6 is 23.2 Å². The van der Waals surface area contributed by atoms with Crippen LogP contribution in [0.5, 0.6) is 0 Å². The predicted molar refractivity (Wildman–Crippen MR) is 107 cm³/mol. The van der Waals surface area contributed by atoms with Gasteiger partial charge >= 0.3 is 0 Å². The minimum atomic E-state index is -0.413. The lowest BCUT2D eigenvalue weighted by atomic mass is 10.0. The summed E-state index contributed by atoms with van der Waals surface area (Å²) in [5, 5.41) is 11.7. The molecule has 0 bridgehead atoms. The van der Waals surface area contributed by atoms with E-state index >= 15 is 0 Å². The van der Waals surface area contributed by atoms with E-state index in [-0.39, 0.29) is 5.69 Å². The summed E-state index contributed by atoms with van der Waals surface area (Å²) in [6.45, 7) is 2.13. The lowest BCUT2D eigenvalue weighted by Crippen LogP contribution is -2.08. The molecule has 0 saturated carbocycles. The number of halogens is 2. The first-order chi connectivity index (χ1) is 12.5. The molecule has 5 nitrogen and oxygen atoms in total. The van der Waals surface area contributed by atoms with Gasteiger partial charge in [-0.2, -0.15) is 0 Å². The van der Waals surface area contributed by atoms with Gasteiger partial charge in [0.05, 0.1) is 32.1 Å². The minimum absolute atomic E-state index is 0.0538. The second-order valence-electron chi connectivity index (χ2n) is 6.08. The molecule has 1 aliphatic heterocycles. The van der Waals surface area contributed by atoms with E-state index in [9.17, 15) is 10.1 Å². The van der Waals surface area contributed by atoms with Gasteiger partial charge in [0, 0.05) is 24.3 Å². The molecular weight excluding hydrogens is 373 g/mol. The summed E-state index contributed by atoms with van der Waals surface area (Å²) in [5.41, 5.74) is 4.06. The molecule has 0 aromatic heterocycles. The van der Waals surface area contributed by atoms with Crippen LogP contribution in [-0.2, 0) is 0 Å². The molecule has 26 heavy (non-hydrogen) atoms. The minimum Gasteiger partial charge on any atom is -0.258 e. The predicted octanol–water partition coefficient (Wildman–Crippen LogP) is 6.69. The number of hydrogen-bond donors (Lipinski definition) is 0. The summed E-state index contributed by atoms with van der Waals surface area (Å²) in [6.07, 6.45) is 3.55. The van der Waals surface area contributed by atoms with Gasteiger partial charge in [0.2, 0.25) is 0 Å². The maximum atomic E-state index is 10.9. The molecule has 1 aliphatic rings. The van der Waals surface area contributed by atoms with Crippen molar-refractivity contribution in [1.82, 2.24) is 0 Å². The Morgan fingerprint density at radius 2 is 1.69 bits per heavy atom. The third-order valence-corrected chi connectivity index (χ3v) is 4.88. The molecule has 7 heteroatoms. The second-order valence-corrected chi connectivity index (χ2v) is 6.89. The van der Waals surface area contributed by atoms with Gasteiger partial charge in [-0.25, -0.2) is 0 Å². The molecule has 0 amide bonds. The third kappa shape index (κ3) is 4.11. The van der Waals surface area contributed by atoms with Gasteiger partial charge in [-0.1, -0.05) is 36.5 Å². The second kappa shape index (κ2) is 7.98. The Labute approximate surface area is 161 Å². The van der Waals surface area contributed by atoms with Crippen molar-refractivity contribution in [1.29, 1.82) is 0 Å². The Kier molecular flexibility index (Phi) is 5.69. The van der Waals surface area contributed by atoms with Crippen LogP contribution in [0.4, 0.5) is 17.1 Å². The molecule has 0 fully saturated rings. The van der Waals surface area contributed by atoms with Crippen molar-refractivity contribution in [3.8, 4) is 0 Å². The van der Waals surface area contributed by atoms with E-state index in [1.165, 1.54) is 12.1 Å². The zero-order valence-corrected chi connectivity index (χ0v) is 15.7. The smallest absolute Gasteiger partial charge is 0.258 e. The highest BCUT2D eigenvalue weighted by Crippen LogP contribution is 2.39. The Balaban J connectivity index is 2.06. The molecule has 0 aliphatic carbocycles. The molecule has 0 spiro atoms. The fourth-order valence-corrected chi connectivity index (χ4v) is 3.08. The number of nitro benzene ring substituents is 1. The van der Waals surface area contributed by atoms with Gasteiger partial charge in [0.15, 0.2) is 0 Å². The summed E-state index contributed by atoms with van der Waals surface area (Å²) in [4.78, 5) is 19.9. The summed E-state index contributed by atoms with van der Waals surface area (Å²) in [7, 11) is 0. The Morgan fingerprint density at radius 3 is 2.27 bits per heavy atom. The monoisotopic (exact) mass is 389 g/mol. The first kappa shape index (κ1) is 18.5. The average Bonchev–Trinajstić information content (AvgIpc) is 2.79. The van der Waals surface area contributed by atoms with Crippen LogP contribution < -0.4 is 0 Å². The van der Waals surface area contributed by atoms with Crippen molar-refractivity contribution in [3.63, 3.8) is 0 Å². The molecule has 2 aromatic carbocycles. The van der Waals surface area contributed by atoms with Gasteiger partial charge in [0.1, 0.15) is 0 Å². The molecular formula is C19H17Cl2N3O2. The zero-order valence-electron chi connectivity index (χ0n) is 14.2. The number of nitrogens with zero attached hydrogens (tertiary/aromatic N) is 3. The number of aliphatic imine (C=N–C) groups is 2. The molecule has 3 rings (SSSR count). The van der Waals surface area contributed by atoms with Crippen molar-refractivity contribution < 1.29 is 4.92 Å². The van der Waals surface area contributed by atoms with Crippen LogP contribution in [0.2, 0.25) is 10.0 Å². The number of non-ortho nitro benzene ring substituents is 1. The number of fused-ring (bicyclic) bond motifs is 1. The summed E-state index contributed by atoms with van der Waals surface area (Å²) in [5.74, 6) is 0. The van der Waals surface area contributed by atoms with Gasteiger partial charge in [0.25, 0.3) is 5.69 Å². The van der Waals surface area contributed by atoms with Crippen molar-refractivity contribution in [2.45, 2.75) is 32.6 Å². The van der Waals surface area contributed by atoms with Crippen LogP contribution in [-0.4, -0.2) is 16.3 Å². The zero-order chi connectivity index (χ0) is 18.7. The van der Waals surface area contributed by atoms with E-state index in [4.69, 9.17) is 33.2 Å². The fourth-order valence-electron chi connectivity index (χ4n) is 2.76. The standard InChI is InChI=1S/C19H17Cl2N3O2/c1-2-3-4-13-9-17(12-5-7-14(8-6-12)24(25)26)23-19-11-16(21)15(20)10-18(19)22-13/h5-8,10-11H,2-4,9H2,1H3. The van der Waals surface area contributed by atoms with Crippen LogP contribution in [0.3, 0.4) is 0 Å². The first-order valence-electron chi connectivity index (χ1n) is 8.35. The molecule has 134 valence electrons. The van der Waals surface area contributed by atoms with E-state index in [1.54, 1.807) is 24.3 Å². The van der Waals surface area contributed by atoms with Crippen LogP contribution in [0, 0.1) is 10.1 Å². The van der Waals surface area contributed by atoms with Crippen molar-refractivity contribution in [2.24, 2.45) is 9.98 Å². The van der Waals surface area contributed by atoms with E-state index in [0.29, 0.717) is 27.8 Å². The molecule has 2 aromatic rings. The van der Waals surface area contributed by atoms with Crippen LogP contribution in [0.25, 0.3) is 0 Å². The molecule has 0 N–H and O–H groups in total. The normalized spacial score (nSPS) is 13.5. The lowest BCUT2D eigenvalue weighted by Gasteiger charge is -2.07. The molecule has 0 saturated heterocycles. The average molecular weight is 390 g/mol. The number of nitro groups is 1. The number of benzene rings is 2. The fraction of sp³-hybridized carbons (Fsp3) is 0.263. The van der Waals surface area contributed by atoms with E-state index in [0.717, 1.165) is 36.2 Å². The maximum Gasteiger partial charge on any atom is 0.269 e. The highest BCUT2D eigenvalue weighted by Gasteiger charge is 2.17.